The van der Waals surface area contributed by atoms with Crippen LogP contribution in [0.3, 0.4) is 0 Å². The van der Waals surface area contributed by atoms with Crippen molar-refractivity contribution in [1.82, 2.24) is 10.2 Å². The molecule has 2 aromatic rings. The zero-order valence-electron chi connectivity index (χ0n) is 9.26. The molecule has 0 aliphatic rings. The SMILES string of the molecule is Cc1ccc([C@@H](C#N)c2ccc(Cl)nn2)cc1. The second-order valence-electron chi connectivity index (χ2n) is 3.75. The molecule has 0 amide bonds. The summed E-state index contributed by atoms with van der Waals surface area (Å²) in [6.07, 6.45) is 0. The first-order valence-corrected chi connectivity index (χ1v) is 5.54. The summed E-state index contributed by atoms with van der Waals surface area (Å²) in [7, 11) is 0. The van der Waals surface area contributed by atoms with Crippen molar-refractivity contribution in [2.24, 2.45) is 0 Å². The summed E-state index contributed by atoms with van der Waals surface area (Å²) in [5.74, 6) is -0.402. The van der Waals surface area contributed by atoms with Crippen molar-refractivity contribution in [2.75, 3.05) is 0 Å². The molecule has 0 N–H and O–H groups in total. The average molecular weight is 244 g/mol. The molecule has 0 bridgehead atoms. The van der Waals surface area contributed by atoms with Crippen molar-refractivity contribution in [1.29, 1.82) is 5.26 Å². The molecule has 0 aliphatic heterocycles. The van der Waals surface area contributed by atoms with E-state index in [9.17, 15) is 5.26 Å². The molecule has 0 spiro atoms. The lowest BCUT2D eigenvalue weighted by Gasteiger charge is -2.08. The third kappa shape index (κ3) is 2.61. The largest absolute Gasteiger partial charge is 0.197 e. The maximum absolute atomic E-state index is 9.22. The first-order chi connectivity index (χ1) is 8.20. The Hall–Kier alpha value is -1.92. The Bertz CT molecular complexity index is 495. The van der Waals surface area contributed by atoms with Gasteiger partial charge in [0.15, 0.2) is 5.15 Å². The molecular weight excluding hydrogens is 234 g/mol. The number of benzene rings is 1. The lowest BCUT2D eigenvalue weighted by Crippen LogP contribution is -2.02. The number of nitriles is 1. The lowest BCUT2D eigenvalue weighted by molar-refractivity contribution is 0.884. The standard InChI is InChI=1S/C13H10ClN3/c1-9-2-4-10(5-3-9)11(8-15)12-6-7-13(14)17-16-12/h2-7,11H,1H3/t11-/m1/s1. The maximum Gasteiger partial charge on any atom is 0.151 e. The van der Waals surface area contributed by atoms with E-state index < -0.39 is 5.92 Å². The zero-order chi connectivity index (χ0) is 12.3. The lowest BCUT2D eigenvalue weighted by atomic mass is 9.96. The van der Waals surface area contributed by atoms with Crippen LogP contribution in [-0.2, 0) is 0 Å². The summed E-state index contributed by atoms with van der Waals surface area (Å²) in [5.41, 5.74) is 2.68. The predicted molar refractivity (Wildman–Crippen MR) is 65.7 cm³/mol. The maximum atomic E-state index is 9.22. The van der Waals surface area contributed by atoms with Gasteiger partial charge in [-0.15, -0.1) is 5.10 Å². The monoisotopic (exact) mass is 243 g/mol. The normalized spacial score (nSPS) is 11.8. The molecule has 3 nitrogen and oxygen atoms in total. The number of rotatable bonds is 2. The van der Waals surface area contributed by atoms with Crippen molar-refractivity contribution in [3.63, 3.8) is 0 Å². The van der Waals surface area contributed by atoms with Crippen LogP contribution in [0.5, 0.6) is 0 Å². The van der Waals surface area contributed by atoms with Crippen molar-refractivity contribution in [2.45, 2.75) is 12.8 Å². The third-order valence-corrected chi connectivity index (χ3v) is 2.69. The highest BCUT2D eigenvalue weighted by molar-refractivity contribution is 6.29. The molecule has 0 saturated heterocycles. The van der Waals surface area contributed by atoms with E-state index in [0.717, 1.165) is 11.1 Å². The summed E-state index contributed by atoms with van der Waals surface area (Å²) >= 11 is 5.67. The third-order valence-electron chi connectivity index (χ3n) is 2.49. The van der Waals surface area contributed by atoms with Crippen LogP contribution in [0.2, 0.25) is 5.15 Å². The highest BCUT2D eigenvalue weighted by Gasteiger charge is 2.14. The Morgan fingerprint density at radius 1 is 1.12 bits per heavy atom. The topological polar surface area (TPSA) is 49.6 Å². The Labute approximate surface area is 105 Å². The smallest absolute Gasteiger partial charge is 0.151 e. The van der Waals surface area contributed by atoms with Gasteiger partial charge in [-0.2, -0.15) is 10.4 Å². The molecule has 2 rings (SSSR count). The van der Waals surface area contributed by atoms with Gasteiger partial charge in [0.25, 0.3) is 0 Å². The van der Waals surface area contributed by atoms with Gasteiger partial charge >= 0.3 is 0 Å². The Kier molecular flexibility index (Phi) is 3.36. The van der Waals surface area contributed by atoms with Crippen LogP contribution in [0.15, 0.2) is 36.4 Å². The summed E-state index contributed by atoms with van der Waals surface area (Å²) < 4.78 is 0. The summed E-state index contributed by atoms with van der Waals surface area (Å²) in [5, 5.41) is 17.2. The molecule has 84 valence electrons. The first-order valence-electron chi connectivity index (χ1n) is 5.16. The van der Waals surface area contributed by atoms with Crippen LogP contribution in [0.1, 0.15) is 22.7 Å². The van der Waals surface area contributed by atoms with Crippen molar-refractivity contribution in [3.8, 4) is 6.07 Å². The second-order valence-corrected chi connectivity index (χ2v) is 4.14. The quantitative estimate of drug-likeness (QED) is 0.814. The highest BCUT2D eigenvalue weighted by Crippen LogP contribution is 2.22. The van der Waals surface area contributed by atoms with Gasteiger partial charge < -0.3 is 0 Å². The van der Waals surface area contributed by atoms with Crippen molar-refractivity contribution >= 4 is 11.6 Å². The minimum absolute atomic E-state index is 0.328. The van der Waals surface area contributed by atoms with E-state index in [0.29, 0.717) is 10.8 Å². The summed E-state index contributed by atoms with van der Waals surface area (Å²) in [6.45, 7) is 2.01. The van der Waals surface area contributed by atoms with Gasteiger partial charge in [-0.25, -0.2) is 0 Å². The van der Waals surface area contributed by atoms with E-state index in [2.05, 4.69) is 16.3 Å². The van der Waals surface area contributed by atoms with Gasteiger partial charge in [0.2, 0.25) is 0 Å². The molecule has 0 fully saturated rings. The van der Waals surface area contributed by atoms with Crippen LogP contribution in [-0.4, -0.2) is 10.2 Å². The molecule has 4 heteroatoms. The number of aromatic nitrogens is 2. The van der Waals surface area contributed by atoms with Crippen LogP contribution in [0, 0.1) is 18.3 Å². The molecule has 1 atom stereocenters. The van der Waals surface area contributed by atoms with Crippen molar-refractivity contribution in [3.05, 3.63) is 58.4 Å². The van der Waals surface area contributed by atoms with Gasteiger partial charge in [0.05, 0.1) is 11.8 Å². The van der Waals surface area contributed by atoms with Crippen LogP contribution in [0.4, 0.5) is 0 Å². The Morgan fingerprint density at radius 2 is 1.82 bits per heavy atom. The van der Waals surface area contributed by atoms with Gasteiger partial charge in [0, 0.05) is 0 Å². The summed E-state index contributed by atoms with van der Waals surface area (Å²) in [4.78, 5) is 0. The second kappa shape index (κ2) is 4.94. The summed E-state index contributed by atoms with van der Waals surface area (Å²) in [6, 6.07) is 13.4. The Morgan fingerprint density at radius 3 is 2.35 bits per heavy atom. The fraction of sp³-hybridized carbons (Fsp3) is 0.154. The fourth-order valence-electron chi connectivity index (χ4n) is 1.55. The zero-order valence-corrected chi connectivity index (χ0v) is 10.0. The van der Waals surface area contributed by atoms with Crippen LogP contribution >= 0.6 is 11.6 Å². The van der Waals surface area contributed by atoms with Crippen LogP contribution in [0.25, 0.3) is 0 Å². The number of nitrogens with zero attached hydrogens (tertiary/aromatic N) is 3. The number of hydrogen-bond acceptors (Lipinski definition) is 3. The molecule has 0 saturated carbocycles. The van der Waals surface area contributed by atoms with Gasteiger partial charge in [-0.1, -0.05) is 41.4 Å². The minimum Gasteiger partial charge on any atom is -0.197 e. The van der Waals surface area contributed by atoms with Crippen LogP contribution < -0.4 is 0 Å². The van der Waals surface area contributed by atoms with Crippen molar-refractivity contribution < 1.29 is 0 Å². The molecule has 1 aromatic carbocycles. The van der Waals surface area contributed by atoms with E-state index in [-0.39, 0.29) is 0 Å². The average Bonchev–Trinajstić information content (AvgIpc) is 2.35. The predicted octanol–water partition coefficient (Wildman–Crippen LogP) is 3.09. The van der Waals surface area contributed by atoms with Gasteiger partial charge in [-0.3, -0.25) is 0 Å². The molecule has 0 unspecified atom stereocenters. The van der Waals surface area contributed by atoms with E-state index in [1.165, 1.54) is 0 Å². The molecular formula is C13H10ClN3. The van der Waals surface area contributed by atoms with E-state index in [1.807, 2.05) is 31.2 Å². The molecule has 0 radical (unpaired) electrons. The molecule has 1 aromatic heterocycles. The van der Waals surface area contributed by atoms with E-state index in [1.54, 1.807) is 12.1 Å². The van der Waals surface area contributed by atoms with E-state index in [4.69, 9.17) is 11.6 Å². The van der Waals surface area contributed by atoms with E-state index >= 15 is 0 Å². The fourth-order valence-corrected chi connectivity index (χ4v) is 1.65. The number of halogens is 1. The number of aryl methyl sites for hydroxylation is 1. The molecule has 0 aliphatic carbocycles. The Balaban J connectivity index is 2.37. The van der Waals surface area contributed by atoms with Gasteiger partial charge in [-0.05, 0) is 24.6 Å². The first kappa shape index (κ1) is 11.6. The number of hydrogen-bond donors (Lipinski definition) is 0. The van der Waals surface area contributed by atoms with Gasteiger partial charge in [0.1, 0.15) is 5.92 Å². The molecule has 17 heavy (non-hydrogen) atoms. The minimum atomic E-state index is -0.402. The molecule has 1 heterocycles. The highest BCUT2D eigenvalue weighted by atomic mass is 35.5.